The molecule has 1 saturated heterocycles. The van der Waals surface area contributed by atoms with E-state index in [0.29, 0.717) is 12.8 Å². The van der Waals surface area contributed by atoms with Crippen LogP contribution in [0, 0.1) is 0 Å². The fourth-order valence-electron chi connectivity index (χ4n) is 2.84. The van der Waals surface area contributed by atoms with Crippen molar-refractivity contribution in [2.75, 3.05) is 26.7 Å². The van der Waals surface area contributed by atoms with Gasteiger partial charge in [0, 0.05) is 26.2 Å². The van der Waals surface area contributed by atoms with E-state index in [2.05, 4.69) is 17.1 Å². The highest BCUT2D eigenvalue weighted by molar-refractivity contribution is 5.85. The molecule has 0 aromatic rings. The van der Waals surface area contributed by atoms with E-state index in [0.717, 1.165) is 32.5 Å². The Bertz CT molecular complexity index is 367. The number of nitrogens with one attached hydrogen (secondary N) is 1. The fourth-order valence-corrected chi connectivity index (χ4v) is 2.84. The first-order valence-corrected chi connectivity index (χ1v) is 7.84. The molecular formula is C15H29N3O3. The Hall–Kier alpha value is -1.30. The van der Waals surface area contributed by atoms with Crippen LogP contribution in [-0.2, 0) is 4.79 Å². The summed E-state index contributed by atoms with van der Waals surface area (Å²) in [4.78, 5) is 27.7. The van der Waals surface area contributed by atoms with Crippen LogP contribution in [0.2, 0.25) is 0 Å². The Morgan fingerprint density at radius 2 is 1.90 bits per heavy atom. The summed E-state index contributed by atoms with van der Waals surface area (Å²) in [7, 11) is 1.76. The molecule has 1 rings (SSSR count). The van der Waals surface area contributed by atoms with Crippen LogP contribution in [0.5, 0.6) is 0 Å². The molecule has 0 radical (unpaired) electrons. The SMILES string of the molecule is CCCC(C)(NC(=O)N(C)C1CCN(CC)CC1)C(=O)O. The van der Waals surface area contributed by atoms with Gasteiger partial charge in [-0.2, -0.15) is 0 Å². The molecule has 0 aromatic carbocycles. The van der Waals surface area contributed by atoms with Crippen LogP contribution in [0.1, 0.15) is 46.5 Å². The Balaban J connectivity index is 2.60. The second-order valence-electron chi connectivity index (χ2n) is 6.09. The van der Waals surface area contributed by atoms with Crippen molar-refractivity contribution in [3.05, 3.63) is 0 Å². The Morgan fingerprint density at radius 3 is 2.33 bits per heavy atom. The predicted octanol–water partition coefficient (Wildman–Crippen LogP) is 1.76. The van der Waals surface area contributed by atoms with E-state index in [4.69, 9.17) is 0 Å². The molecule has 0 aliphatic carbocycles. The Labute approximate surface area is 127 Å². The number of carboxylic acid groups (broad SMARTS) is 1. The molecule has 6 nitrogen and oxygen atoms in total. The van der Waals surface area contributed by atoms with Crippen molar-refractivity contribution in [3.63, 3.8) is 0 Å². The average Bonchev–Trinajstić information content (AvgIpc) is 2.46. The monoisotopic (exact) mass is 299 g/mol. The highest BCUT2D eigenvalue weighted by Crippen LogP contribution is 2.17. The van der Waals surface area contributed by atoms with Gasteiger partial charge in [0.05, 0.1) is 0 Å². The Morgan fingerprint density at radius 1 is 1.33 bits per heavy atom. The van der Waals surface area contributed by atoms with Crippen LogP contribution < -0.4 is 5.32 Å². The number of rotatable bonds is 6. The summed E-state index contributed by atoms with van der Waals surface area (Å²) in [6.45, 7) is 8.64. The van der Waals surface area contributed by atoms with Gasteiger partial charge in [-0.3, -0.25) is 0 Å². The van der Waals surface area contributed by atoms with Gasteiger partial charge in [-0.25, -0.2) is 9.59 Å². The summed E-state index contributed by atoms with van der Waals surface area (Å²) in [6.07, 6.45) is 3.02. The van der Waals surface area contributed by atoms with Crippen molar-refractivity contribution >= 4 is 12.0 Å². The Kier molecular flexibility index (Phi) is 6.45. The lowest BCUT2D eigenvalue weighted by atomic mass is 9.96. The molecule has 1 aliphatic rings. The van der Waals surface area contributed by atoms with Crippen LogP contribution in [0.4, 0.5) is 4.79 Å². The molecule has 2 amide bonds. The highest BCUT2D eigenvalue weighted by atomic mass is 16.4. The zero-order valence-corrected chi connectivity index (χ0v) is 13.7. The minimum atomic E-state index is -1.19. The molecular weight excluding hydrogens is 270 g/mol. The van der Waals surface area contributed by atoms with Crippen LogP contribution in [-0.4, -0.2) is 65.2 Å². The number of urea groups is 1. The van der Waals surface area contributed by atoms with Crippen molar-refractivity contribution in [2.45, 2.75) is 58.0 Å². The number of piperidine rings is 1. The van der Waals surface area contributed by atoms with Crippen molar-refractivity contribution in [3.8, 4) is 0 Å². The minimum absolute atomic E-state index is 0.187. The van der Waals surface area contributed by atoms with Crippen molar-refractivity contribution in [1.82, 2.24) is 15.1 Å². The first-order valence-electron chi connectivity index (χ1n) is 7.84. The molecule has 2 N–H and O–H groups in total. The number of carbonyl (C=O) groups is 2. The lowest BCUT2D eigenvalue weighted by Crippen LogP contribution is -2.57. The van der Waals surface area contributed by atoms with Crippen LogP contribution in [0.3, 0.4) is 0 Å². The molecule has 6 heteroatoms. The number of nitrogens with zero attached hydrogens (tertiary/aromatic N) is 2. The third-order valence-corrected chi connectivity index (χ3v) is 4.48. The normalized spacial score (nSPS) is 19.8. The summed E-state index contributed by atoms with van der Waals surface area (Å²) >= 11 is 0. The maximum absolute atomic E-state index is 12.3. The predicted molar refractivity (Wildman–Crippen MR) is 82.4 cm³/mol. The van der Waals surface area contributed by atoms with Gasteiger partial charge in [0.25, 0.3) is 0 Å². The maximum atomic E-state index is 12.3. The molecule has 0 aromatic heterocycles. The maximum Gasteiger partial charge on any atom is 0.329 e. The van der Waals surface area contributed by atoms with Gasteiger partial charge in [0.2, 0.25) is 0 Å². The number of hydrogen-bond acceptors (Lipinski definition) is 3. The molecule has 1 atom stereocenters. The largest absolute Gasteiger partial charge is 0.480 e. The van der Waals surface area contributed by atoms with Gasteiger partial charge in [0.1, 0.15) is 5.54 Å². The van der Waals surface area contributed by atoms with Crippen molar-refractivity contribution in [1.29, 1.82) is 0 Å². The van der Waals surface area contributed by atoms with Gasteiger partial charge in [-0.15, -0.1) is 0 Å². The van der Waals surface area contributed by atoms with Crippen LogP contribution >= 0.6 is 0 Å². The molecule has 21 heavy (non-hydrogen) atoms. The van der Waals surface area contributed by atoms with Crippen LogP contribution in [0.25, 0.3) is 0 Å². The summed E-state index contributed by atoms with van der Waals surface area (Å²) in [5.41, 5.74) is -1.19. The van der Waals surface area contributed by atoms with Gasteiger partial charge in [-0.1, -0.05) is 20.3 Å². The molecule has 1 heterocycles. The zero-order valence-electron chi connectivity index (χ0n) is 13.7. The average molecular weight is 299 g/mol. The molecule has 0 saturated carbocycles. The second kappa shape index (κ2) is 7.64. The molecule has 1 unspecified atom stereocenters. The summed E-state index contributed by atoms with van der Waals surface area (Å²) < 4.78 is 0. The minimum Gasteiger partial charge on any atom is -0.480 e. The van der Waals surface area contributed by atoms with Crippen molar-refractivity contribution < 1.29 is 14.7 Å². The first kappa shape index (κ1) is 17.8. The highest BCUT2D eigenvalue weighted by Gasteiger charge is 2.36. The molecule has 0 spiro atoms. The summed E-state index contributed by atoms with van der Waals surface area (Å²) in [5.74, 6) is -0.980. The number of likely N-dealkylation sites (tertiary alicyclic amines) is 1. The third-order valence-electron chi connectivity index (χ3n) is 4.48. The molecule has 1 aliphatic heterocycles. The fraction of sp³-hybridized carbons (Fsp3) is 0.867. The number of carboxylic acids is 1. The molecule has 1 fully saturated rings. The van der Waals surface area contributed by atoms with E-state index in [9.17, 15) is 14.7 Å². The van der Waals surface area contributed by atoms with E-state index in [1.54, 1.807) is 18.9 Å². The number of amides is 2. The lowest BCUT2D eigenvalue weighted by Gasteiger charge is -2.37. The number of hydrogen-bond donors (Lipinski definition) is 2. The smallest absolute Gasteiger partial charge is 0.329 e. The van der Waals surface area contributed by atoms with Gasteiger partial charge < -0.3 is 20.2 Å². The van der Waals surface area contributed by atoms with E-state index in [1.807, 2.05) is 6.92 Å². The lowest BCUT2D eigenvalue weighted by molar-refractivity contribution is -0.144. The topological polar surface area (TPSA) is 72.9 Å². The summed E-state index contributed by atoms with van der Waals surface area (Å²) in [5, 5.41) is 12.0. The van der Waals surface area contributed by atoms with E-state index >= 15 is 0 Å². The number of aliphatic carboxylic acids is 1. The first-order chi connectivity index (χ1) is 9.84. The third kappa shape index (κ3) is 4.59. The zero-order chi connectivity index (χ0) is 16.0. The van der Waals surface area contributed by atoms with Crippen LogP contribution in [0.15, 0.2) is 0 Å². The quantitative estimate of drug-likeness (QED) is 0.784. The van der Waals surface area contributed by atoms with E-state index in [1.165, 1.54) is 0 Å². The molecule has 0 bridgehead atoms. The van der Waals surface area contributed by atoms with E-state index < -0.39 is 11.5 Å². The van der Waals surface area contributed by atoms with Crippen molar-refractivity contribution in [2.24, 2.45) is 0 Å². The second-order valence-corrected chi connectivity index (χ2v) is 6.09. The van der Waals surface area contributed by atoms with E-state index in [-0.39, 0.29) is 12.1 Å². The van der Waals surface area contributed by atoms with Gasteiger partial charge in [-0.05, 0) is 32.7 Å². The van der Waals surface area contributed by atoms with Gasteiger partial charge in [0.15, 0.2) is 0 Å². The standard InChI is InChI=1S/C15H29N3O3/c1-5-9-15(3,13(19)20)16-14(21)17(4)12-7-10-18(6-2)11-8-12/h12H,5-11H2,1-4H3,(H,16,21)(H,19,20). The number of carbonyl (C=O) groups excluding carboxylic acids is 1. The van der Waals surface area contributed by atoms with Gasteiger partial charge >= 0.3 is 12.0 Å². The summed E-state index contributed by atoms with van der Waals surface area (Å²) in [6, 6.07) is -0.101. The molecule has 122 valence electrons.